The number of carbonyl (C=O) groups is 1. The predicted octanol–water partition coefficient (Wildman–Crippen LogP) is 9.73. The molecule has 0 saturated carbocycles. The number of hydrogen-bond donors (Lipinski definition) is 0. The van der Waals surface area contributed by atoms with E-state index >= 15 is 4.39 Å². The van der Waals surface area contributed by atoms with Gasteiger partial charge in [-0.1, -0.05) is 84.6 Å². The first-order valence-electron chi connectivity index (χ1n) is 15.8. The summed E-state index contributed by atoms with van der Waals surface area (Å²) in [6, 6.07) is 14.2. The van der Waals surface area contributed by atoms with Gasteiger partial charge in [-0.25, -0.2) is 19.2 Å². The molecule has 0 spiro atoms. The SMILES string of the molecule is CCCCCCCCOc1ccc(-c2ncc(-c3ccc(OC(=O)[C@@](C)(C#N)[C@H](C)CCCCCC)c(F)c3)cn2)cc1. The zero-order chi connectivity index (χ0) is 31.1. The van der Waals surface area contributed by atoms with Crippen LogP contribution >= 0.6 is 0 Å². The molecule has 0 fully saturated rings. The maximum atomic E-state index is 15.0. The fourth-order valence-corrected chi connectivity index (χ4v) is 4.89. The van der Waals surface area contributed by atoms with E-state index in [9.17, 15) is 10.1 Å². The molecule has 0 N–H and O–H groups in total. The maximum absolute atomic E-state index is 15.0. The second-order valence-electron chi connectivity index (χ2n) is 11.5. The van der Waals surface area contributed by atoms with Gasteiger partial charge < -0.3 is 9.47 Å². The van der Waals surface area contributed by atoms with Crippen LogP contribution in [0.15, 0.2) is 54.9 Å². The number of aromatic nitrogens is 2. The van der Waals surface area contributed by atoms with Crippen LogP contribution in [-0.4, -0.2) is 22.5 Å². The Bertz CT molecular complexity index is 1320. The quantitative estimate of drug-likeness (QED) is 0.0836. The first-order valence-corrected chi connectivity index (χ1v) is 15.8. The first kappa shape index (κ1) is 33.7. The third-order valence-electron chi connectivity index (χ3n) is 8.13. The van der Waals surface area contributed by atoms with E-state index in [4.69, 9.17) is 9.47 Å². The van der Waals surface area contributed by atoms with Crippen molar-refractivity contribution in [3.63, 3.8) is 0 Å². The lowest BCUT2D eigenvalue weighted by molar-refractivity contribution is -0.144. The van der Waals surface area contributed by atoms with Crippen LogP contribution in [0.4, 0.5) is 4.39 Å². The zero-order valence-corrected chi connectivity index (χ0v) is 26.2. The largest absolute Gasteiger partial charge is 0.494 e. The van der Waals surface area contributed by atoms with Crippen molar-refractivity contribution in [2.45, 2.75) is 98.3 Å². The minimum Gasteiger partial charge on any atom is -0.494 e. The third kappa shape index (κ3) is 9.88. The summed E-state index contributed by atoms with van der Waals surface area (Å²) in [5.74, 6) is -0.476. The number of ether oxygens (including phenoxy) is 2. The standard InChI is InChI=1S/C36H46FN3O3/c1-5-7-9-11-12-14-22-42-31-19-16-28(17-20-31)34-39-24-30(25-40-34)29-18-21-33(32(37)23-29)43-35(41)36(4,26-38)27(3)15-13-10-8-6-2/h16-21,23-25,27H,5-15,22H2,1-4H3/t27-,36+/m1/s1. The molecule has 1 heterocycles. The van der Waals surface area contributed by atoms with Crippen LogP contribution in [0.3, 0.4) is 0 Å². The van der Waals surface area contributed by atoms with Gasteiger partial charge in [0.2, 0.25) is 0 Å². The number of nitrogens with zero attached hydrogens (tertiary/aromatic N) is 3. The van der Waals surface area contributed by atoms with Gasteiger partial charge in [0.15, 0.2) is 22.8 Å². The number of rotatable bonds is 18. The molecule has 6 nitrogen and oxygen atoms in total. The molecule has 3 aromatic rings. The van der Waals surface area contributed by atoms with Crippen LogP contribution in [0, 0.1) is 28.5 Å². The average molecular weight is 588 g/mol. The topological polar surface area (TPSA) is 85.1 Å². The molecule has 2 aromatic carbocycles. The highest BCUT2D eigenvalue weighted by molar-refractivity contribution is 5.82. The number of unbranched alkanes of at least 4 members (excludes halogenated alkanes) is 8. The molecule has 2 atom stereocenters. The van der Waals surface area contributed by atoms with E-state index in [2.05, 4.69) is 29.9 Å². The van der Waals surface area contributed by atoms with Gasteiger partial charge in [-0.05, 0) is 67.6 Å². The highest BCUT2D eigenvalue weighted by Gasteiger charge is 2.41. The third-order valence-corrected chi connectivity index (χ3v) is 8.13. The van der Waals surface area contributed by atoms with E-state index in [-0.39, 0.29) is 11.7 Å². The lowest BCUT2D eigenvalue weighted by Gasteiger charge is -2.26. The van der Waals surface area contributed by atoms with Crippen LogP contribution in [0.25, 0.3) is 22.5 Å². The Labute approximate surface area is 256 Å². The van der Waals surface area contributed by atoms with E-state index < -0.39 is 17.2 Å². The Balaban J connectivity index is 1.57. The van der Waals surface area contributed by atoms with Crippen molar-refractivity contribution in [1.82, 2.24) is 9.97 Å². The highest BCUT2D eigenvalue weighted by atomic mass is 19.1. The van der Waals surface area contributed by atoms with E-state index in [0.29, 0.717) is 23.6 Å². The first-order chi connectivity index (χ1) is 20.8. The average Bonchev–Trinajstić information content (AvgIpc) is 3.03. The van der Waals surface area contributed by atoms with Crippen LogP contribution in [0.1, 0.15) is 98.3 Å². The summed E-state index contributed by atoms with van der Waals surface area (Å²) >= 11 is 0. The summed E-state index contributed by atoms with van der Waals surface area (Å²) in [7, 11) is 0. The van der Waals surface area contributed by atoms with E-state index in [0.717, 1.165) is 49.8 Å². The Kier molecular flexibility index (Phi) is 13.6. The van der Waals surface area contributed by atoms with Crippen LogP contribution in [0.5, 0.6) is 11.5 Å². The van der Waals surface area contributed by atoms with Crippen LogP contribution < -0.4 is 9.47 Å². The monoisotopic (exact) mass is 587 g/mol. The van der Waals surface area contributed by atoms with Crippen LogP contribution in [0.2, 0.25) is 0 Å². The second-order valence-corrected chi connectivity index (χ2v) is 11.5. The number of hydrogen-bond acceptors (Lipinski definition) is 6. The molecule has 0 amide bonds. The number of esters is 1. The summed E-state index contributed by atoms with van der Waals surface area (Å²) in [6.45, 7) is 8.51. The second kappa shape index (κ2) is 17.4. The number of halogens is 1. The van der Waals surface area contributed by atoms with Crippen molar-refractivity contribution >= 4 is 5.97 Å². The maximum Gasteiger partial charge on any atom is 0.331 e. The number of benzene rings is 2. The van der Waals surface area contributed by atoms with E-state index in [1.807, 2.05) is 31.2 Å². The van der Waals surface area contributed by atoms with Gasteiger partial charge in [-0.15, -0.1) is 0 Å². The fraction of sp³-hybridized carbons (Fsp3) is 0.500. The molecule has 1 aromatic heterocycles. The lowest BCUT2D eigenvalue weighted by Crippen LogP contribution is -2.36. The van der Waals surface area contributed by atoms with Gasteiger partial charge in [-0.3, -0.25) is 0 Å². The van der Waals surface area contributed by atoms with Crippen molar-refractivity contribution in [2.75, 3.05) is 6.61 Å². The lowest BCUT2D eigenvalue weighted by atomic mass is 9.76. The fourth-order valence-electron chi connectivity index (χ4n) is 4.89. The van der Waals surface area contributed by atoms with E-state index in [1.165, 1.54) is 44.2 Å². The van der Waals surface area contributed by atoms with Crippen molar-refractivity contribution in [1.29, 1.82) is 5.26 Å². The van der Waals surface area contributed by atoms with Crippen molar-refractivity contribution in [2.24, 2.45) is 11.3 Å². The van der Waals surface area contributed by atoms with Gasteiger partial charge in [0.05, 0.1) is 12.7 Å². The van der Waals surface area contributed by atoms with Gasteiger partial charge in [-0.2, -0.15) is 5.26 Å². The molecule has 0 aliphatic rings. The minimum atomic E-state index is -1.36. The molecule has 0 bridgehead atoms. The smallest absolute Gasteiger partial charge is 0.331 e. The predicted molar refractivity (Wildman–Crippen MR) is 169 cm³/mol. The molecule has 0 unspecified atom stereocenters. The Morgan fingerprint density at radius 1 is 0.884 bits per heavy atom. The zero-order valence-electron chi connectivity index (χ0n) is 26.2. The number of carbonyl (C=O) groups excluding carboxylic acids is 1. The molecule has 230 valence electrons. The summed E-state index contributed by atoms with van der Waals surface area (Å²) in [6.07, 6.45) is 15.6. The molecule has 0 saturated heterocycles. The van der Waals surface area contributed by atoms with Gasteiger partial charge in [0, 0.05) is 23.5 Å². The van der Waals surface area contributed by atoms with Gasteiger partial charge in [0.1, 0.15) is 5.75 Å². The Morgan fingerprint density at radius 2 is 1.49 bits per heavy atom. The summed E-state index contributed by atoms with van der Waals surface area (Å²) in [4.78, 5) is 21.9. The highest BCUT2D eigenvalue weighted by Crippen LogP contribution is 2.34. The molecule has 43 heavy (non-hydrogen) atoms. The summed E-state index contributed by atoms with van der Waals surface area (Å²) < 4.78 is 26.3. The molecule has 3 rings (SSSR count). The molecule has 0 aliphatic heterocycles. The molecule has 0 aliphatic carbocycles. The van der Waals surface area contributed by atoms with Gasteiger partial charge in [0.25, 0.3) is 0 Å². The van der Waals surface area contributed by atoms with Gasteiger partial charge >= 0.3 is 5.97 Å². The van der Waals surface area contributed by atoms with E-state index in [1.54, 1.807) is 25.4 Å². The molecular weight excluding hydrogens is 541 g/mol. The Hall–Kier alpha value is -3.79. The molecule has 7 heteroatoms. The Morgan fingerprint density at radius 3 is 2.12 bits per heavy atom. The van der Waals surface area contributed by atoms with Crippen molar-refractivity contribution in [3.8, 4) is 40.1 Å². The van der Waals surface area contributed by atoms with Crippen LogP contribution in [-0.2, 0) is 4.79 Å². The minimum absolute atomic E-state index is 0.204. The normalized spacial score (nSPS) is 13.1. The number of nitriles is 1. The van der Waals surface area contributed by atoms with Crippen molar-refractivity contribution < 1.29 is 18.7 Å². The molecular formula is C36H46FN3O3. The summed E-state index contributed by atoms with van der Waals surface area (Å²) in [5.41, 5.74) is 0.669. The van der Waals surface area contributed by atoms with Crippen molar-refractivity contribution in [3.05, 3.63) is 60.7 Å². The molecule has 0 radical (unpaired) electrons. The summed E-state index contributed by atoms with van der Waals surface area (Å²) in [5, 5.41) is 9.80.